The quantitative estimate of drug-likeness (QED) is 0.785. The summed E-state index contributed by atoms with van der Waals surface area (Å²) >= 11 is 0. The largest absolute Gasteiger partial charge is 0.366 e. The van der Waals surface area contributed by atoms with Gasteiger partial charge in [0.25, 0.3) is 0 Å². The predicted molar refractivity (Wildman–Crippen MR) is 110 cm³/mol. The molecule has 2 N–H and O–H groups in total. The summed E-state index contributed by atoms with van der Waals surface area (Å²) in [6, 6.07) is 1.34. The second kappa shape index (κ2) is 6.54. The van der Waals surface area contributed by atoms with Gasteiger partial charge in [-0.2, -0.15) is 0 Å². The van der Waals surface area contributed by atoms with Gasteiger partial charge in [-0.1, -0.05) is 12.2 Å². The SMILES string of the molecule is C=CC(=O)N1CCC[C@@H](c2c(F)cc(C(N)=O)c3c2C2=C(CCC4(CC4)C2)C3)C1. The van der Waals surface area contributed by atoms with Crippen molar-refractivity contribution in [1.29, 1.82) is 0 Å². The number of hydrogen-bond donors (Lipinski definition) is 1. The molecule has 2 fully saturated rings. The molecule has 1 heterocycles. The number of likely N-dealkylation sites (tertiary alicyclic amines) is 1. The van der Waals surface area contributed by atoms with Crippen molar-refractivity contribution in [2.75, 3.05) is 13.1 Å². The first kappa shape index (κ1) is 18.6. The van der Waals surface area contributed by atoms with Crippen LogP contribution in [0.3, 0.4) is 0 Å². The molecular formula is C24H27FN2O2. The third-order valence-electron chi connectivity index (χ3n) is 7.59. The van der Waals surface area contributed by atoms with E-state index < -0.39 is 5.91 Å². The summed E-state index contributed by atoms with van der Waals surface area (Å²) in [7, 11) is 0. The van der Waals surface area contributed by atoms with E-state index in [1.54, 1.807) is 4.90 Å². The topological polar surface area (TPSA) is 63.4 Å². The lowest BCUT2D eigenvalue weighted by atomic mass is 9.78. The first-order chi connectivity index (χ1) is 13.9. The van der Waals surface area contributed by atoms with E-state index in [2.05, 4.69) is 6.58 Å². The van der Waals surface area contributed by atoms with E-state index >= 15 is 4.39 Å². The average Bonchev–Trinajstić information content (AvgIpc) is 3.37. The molecule has 4 nitrogen and oxygen atoms in total. The molecule has 5 rings (SSSR count). The van der Waals surface area contributed by atoms with Crippen LogP contribution in [-0.4, -0.2) is 29.8 Å². The van der Waals surface area contributed by atoms with Crippen LogP contribution in [0.25, 0.3) is 5.57 Å². The molecule has 1 saturated heterocycles. The second-order valence-electron chi connectivity index (χ2n) is 9.30. The first-order valence-electron chi connectivity index (χ1n) is 10.7. The highest BCUT2D eigenvalue weighted by Crippen LogP contribution is 2.62. The van der Waals surface area contributed by atoms with Gasteiger partial charge in [-0.3, -0.25) is 9.59 Å². The monoisotopic (exact) mass is 394 g/mol. The van der Waals surface area contributed by atoms with Gasteiger partial charge in [-0.15, -0.1) is 0 Å². The van der Waals surface area contributed by atoms with Crippen molar-refractivity contribution in [2.45, 2.75) is 57.3 Å². The Morgan fingerprint density at radius 3 is 2.79 bits per heavy atom. The summed E-state index contributed by atoms with van der Waals surface area (Å²) in [5.41, 5.74) is 11.6. The van der Waals surface area contributed by atoms with Gasteiger partial charge in [0, 0.05) is 30.1 Å². The number of carbonyl (C=O) groups excluding carboxylic acids is 2. The van der Waals surface area contributed by atoms with Crippen LogP contribution in [-0.2, 0) is 11.2 Å². The standard InChI is InChI=1S/C24H27FN2O2/c1-2-20(28)27-9-3-4-15(13-27)21-19(25)11-17(23(26)29)16-10-14-5-6-24(7-8-24)12-18(14)22(16)21/h2,11,15H,1,3-10,12-13H2,(H2,26,29)/t15-/m1/s1. The van der Waals surface area contributed by atoms with Gasteiger partial charge >= 0.3 is 0 Å². The number of nitrogens with zero attached hydrogens (tertiary/aromatic N) is 1. The molecule has 1 aromatic carbocycles. The summed E-state index contributed by atoms with van der Waals surface area (Å²) in [5, 5.41) is 0. The number of halogens is 1. The Morgan fingerprint density at radius 2 is 2.10 bits per heavy atom. The van der Waals surface area contributed by atoms with Crippen molar-refractivity contribution in [3.63, 3.8) is 0 Å². The normalized spacial score (nSPS) is 24.3. The smallest absolute Gasteiger partial charge is 0.249 e. The number of benzene rings is 1. The van der Waals surface area contributed by atoms with Crippen LogP contribution in [0.4, 0.5) is 4.39 Å². The van der Waals surface area contributed by atoms with Gasteiger partial charge in [-0.05, 0) is 85.6 Å². The molecule has 3 aliphatic carbocycles. The molecule has 5 heteroatoms. The minimum absolute atomic E-state index is 0.0627. The Labute approximate surface area is 170 Å². The van der Waals surface area contributed by atoms with E-state index in [1.165, 1.54) is 42.6 Å². The molecular weight excluding hydrogens is 367 g/mol. The molecule has 4 aliphatic rings. The van der Waals surface area contributed by atoms with Crippen molar-refractivity contribution in [2.24, 2.45) is 11.1 Å². The molecule has 0 unspecified atom stereocenters. The van der Waals surface area contributed by atoms with Crippen LogP contribution >= 0.6 is 0 Å². The summed E-state index contributed by atoms with van der Waals surface area (Å²) in [6.45, 7) is 4.77. The average molecular weight is 394 g/mol. The lowest BCUT2D eigenvalue weighted by molar-refractivity contribution is -0.127. The van der Waals surface area contributed by atoms with Crippen molar-refractivity contribution in [3.05, 3.63) is 52.4 Å². The Bertz CT molecular complexity index is 974. The van der Waals surface area contributed by atoms with Crippen molar-refractivity contribution < 1.29 is 14.0 Å². The molecule has 29 heavy (non-hydrogen) atoms. The van der Waals surface area contributed by atoms with Gasteiger partial charge < -0.3 is 10.6 Å². The van der Waals surface area contributed by atoms with Crippen molar-refractivity contribution >= 4 is 17.4 Å². The fourth-order valence-corrected chi connectivity index (χ4v) is 5.83. The number of fused-ring (bicyclic) bond motifs is 2. The van der Waals surface area contributed by atoms with E-state index in [4.69, 9.17) is 5.73 Å². The summed E-state index contributed by atoms with van der Waals surface area (Å²) < 4.78 is 15.5. The molecule has 2 amide bonds. The zero-order valence-corrected chi connectivity index (χ0v) is 16.7. The maximum Gasteiger partial charge on any atom is 0.249 e. The maximum absolute atomic E-state index is 15.5. The van der Waals surface area contributed by atoms with Gasteiger partial charge in [0.15, 0.2) is 0 Å². The van der Waals surface area contributed by atoms with Gasteiger partial charge in [-0.25, -0.2) is 4.39 Å². The van der Waals surface area contributed by atoms with E-state index in [0.29, 0.717) is 36.1 Å². The fourth-order valence-electron chi connectivity index (χ4n) is 5.83. The van der Waals surface area contributed by atoms with Crippen molar-refractivity contribution in [3.8, 4) is 0 Å². The molecule has 1 spiro atoms. The molecule has 1 saturated carbocycles. The molecule has 0 bridgehead atoms. The highest BCUT2D eigenvalue weighted by molar-refractivity contribution is 5.98. The van der Waals surface area contributed by atoms with Gasteiger partial charge in [0.05, 0.1) is 0 Å². The highest BCUT2D eigenvalue weighted by atomic mass is 19.1. The second-order valence-corrected chi connectivity index (χ2v) is 9.30. The van der Waals surface area contributed by atoms with Crippen LogP contribution < -0.4 is 5.73 Å². The predicted octanol–water partition coefficient (Wildman–Crippen LogP) is 4.09. The summed E-state index contributed by atoms with van der Waals surface area (Å²) in [6.07, 6.45) is 9.46. The zero-order chi connectivity index (χ0) is 20.3. The summed E-state index contributed by atoms with van der Waals surface area (Å²) in [4.78, 5) is 26.0. The summed E-state index contributed by atoms with van der Waals surface area (Å²) in [5.74, 6) is -1.07. The lowest BCUT2D eigenvalue weighted by Gasteiger charge is -2.34. The number of primary amides is 1. The van der Waals surface area contributed by atoms with Crippen LogP contribution in [0.1, 0.15) is 77.9 Å². The third kappa shape index (κ3) is 2.93. The van der Waals surface area contributed by atoms with E-state index in [9.17, 15) is 9.59 Å². The Hall–Kier alpha value is -2.43. The van der Waals surface area contributed by atoms with E-state index in [1.807, 2.05) is 0 Å². The Kier molecular flexibility index (Phi) is 4.19. The van der Waals surface area contributed by atoms with E-state index in [0.717, 1.165) is 36.8 Å². The third-order valence-corrected chi connectivity index (χ3v) is 7.59. The minimum Gasteiger partial charge on any atom is -0.366 e. The first-order valence-corrected chi connectivity index (χ1v) is 10.7. The molecule has 1 aliphatic heterocycles. The van der Waals surface area contributed by atoms with Crippen LogP contribution in [0.2, 0.25) is 0 Å². The highest BCUT2D eigenvalue weighted by Gasteiger charge is 2.48. The molecule has 0 radical (unpaired) electrons. The number of rotatable bonds is 3. The Balaban J connectivity index is 1.62. The van der Waals surface area contributed by atoms with Crippen molar-refractivity contribution in [1.82, 2.24) is 4.90 Å². The van der Waals surface area contributed by atoms with Gasteiger partial charge in [0.1, 0.15) is 5.82 Å². The Morgan fingerprint density at radius 1 is 1.31 bits per heavy atom. The lowest BCUT2D eigenvalue weighted by Crippen LogP contribution is -2.38. The molecule has 1 aromatic rings. The number of amides is 2. The van der Waals surface area contributed by atoms with Crippen LogP contribution in [0.15, 0.2) is 24.3 Å². The number of carbonyl (C=O) groups is 2. The molecule has 152 valence electrons. The van der Waals surface area contributed by atoms with Gasteiger partial charge in [0.2, 0.25) is 11.8 Å². The van der Waals surface area contributed by atoms with Crippen LogP contribution in [0.5, 0.6) is 0 Å². The number of allylic oxidation sites excluding steroid dienone is 2. The molecule has 0 aromatic heterocycles. The number of piperidine rings is 1. The fraction of sp³-hybridized carbons (Fsp3) is 0.500. The zero-order valence-electron chi connectivity index (χ0n) is 16.7. The molecule has 1 atom stereocenters. The maximum atomic E-state index is 15.5. The number of nitrogens with two attached hydrogens (primary N) is 1. The van der Waals surface area contributed by atoms with Crippen LogP contribution in [0, 0.1) is 11.2 Å². The van der Waals surface area contributed by atoms with E-state index in [-0.39, 0.29) is 17.6 Å². The minimum atomic E-state index is -0.556. The number of hydrogen-bond acceptors (Lipinski definition) is 2.